The number of quaternary nitrogens is 1. The summed E-state index contributed by atoms with van der Waals surface area (Å²) >= 11 is 0. The lowest BCUT2D eigenvalue weighted by molar-refractivity contribution is -0.870. The van der Waals surface area contributed by atoms with Gasteiger partial charge in [0.1, 0.15) is 19.3 Å². The van der Waals surface area contributed by atoms with Crippen LogP contribution in [0.4, 0.5) is 0 Å². The quantitative estimate of drug-likeness (QED) is 0.0570. The van der Waals surface area contributed by atoms with E-state index in [0.717, 1.165) is 19.3 Å². The summed E-state index contributed by atoms with van der Waals surface area (Å²) in [5.41, 5.74) is 0. The highest BCUT2D eigenvalue weighted by Gasteiger charge is 2.18. The van der Waals surface area contributed by atoms with Crippen molar-refractivity contribution in [2.45, 2.75) is 129 Å². The fraction of sp³-hybridized carbons (Fsp3) is 0.963. The number of carbonyl (C=O) groups excluding carboxylic acids is 1. The van der Waals surface area contributed by atoms with Gasteiger partial charge in [-0.2, -0.15) is 0 Å². The number of hydrogen-bond acceptors (Lipinski definition) is 6. The Labute approximate surface area is 216 Å². The summed E-state index contributed by atoms with van der Waals surface area (Å²) in [7, 11) is 1.46. The van der Waals surface area contributed by atoms with E-state index in [-0.39, 0.29) is 13.2 Å². The number of rotatable bonds is 25. The highest BCUT2D eigenvalue weighted by Crippen LogP contribution is 2.38. The molecular weight excluding hydrogens is 465 g/mol. The third kappa shape index (κ3) is 26.4. The van der Waals surface area contributed by atoms with Crippen molar-refractivity contribution in [3.05, 3.63) is 0 Å². The van der Waals surface area contributed by atoms with Gasteiger partial charge in [0.25, 0.3) is 7.82 Å². The van der Waals surface area contributed by atoms with Crippen LogP contribution in [0.3, 0.4) is 0 Å². The van der Waals surface area contributed by atoms with Crippen LogP contribution in [-0.4, -0.2) is 57.5 Å². The Kier molecular flexibility index (Phi) is 21.3. The molecule has 0 aliphatic heterocycles. The molecular formula is C27H56NO6P. The Morgan fingerprint density at radius 1 is 0.771 bits per heavy atom. The molecule has 0 spiro atoms. The van der Waals surface area contributed by atoms with Gasteiger partial charge in [0.05, 0.1) is 27.7 Å². The fourth-order valence-corrected chi connectivity index (χ4v) is 4.70. The number of unbranched alkanes of at least 4 members (excludes halogenated alkanes) is 15. The maximum atomic E-state index is 12.0. The second kappa shape index (κ2) is 21.6. The van der Waals surface area contributed by atoms with Crippen molar-refractivity contribution in [2.75, 3.05) is 40.9 Å². The molecule has 0 saturated heterocycles. The minimum atomic E-state index is -4.40. The van der Waals surface area contributed by atoms with E-state index in [1.807, 2.05) is 21.1 Å². The van der Waals surface area contributed by atoms with Gasteiger partial charge in [-0.25, -0.2) is 0 Å². The highest BCUT2D eigenvalue weighted by molar-refractivity contribution is 7.45. The molecule has 0 N–H and O–H groups in total. The number of carbonyl (C=O) groups is 1. The average Bonchev–Trinajstić information content (AvgIpc) is 2.75. The summed E-state index contributed by atoms with van der Waals surface area (Å²) in [5.74, 6) is -0.429. The number of phosphoric acid groups is 1. The monoisotopic (exact) mass is 521 g/mol. The van der Waals surface area contributed by atoms with Gasteiger partial charge in [-0.3, -0.25) is 9.36 Å². The van der Waals surface area contributed by atoms with Gasteiger partial charge in [-0.1, -0.05) is 103 Å². The maximum absolute atomic E-state index is 12.0. The number of ether oxygens (including phenoxy) is 1. The van der Waals surface area contributed by atoms with E-state index in [9.17, 15) is 14.3 Å². The Balaban J connectivity index is 3.77. The van der Waals surface area contributed by atoms with E-state index in [1.165, 1.54) is 90.4 Å². The molecule has 2 atom stereocenters. The molecule has 1 unspecified atom stereocenters. The molecule has 0 heterocycles. The minimum Gasteiger partial charge on any atom is -0.756 e. The van der Waals surface area contributed by atoms with Crippen molar-refractivity contribution in [3.63, 3.8) is 0 Å². The minimum absolute atomic E-state index is 0.0572. The Morgan fingerprint density at radius 3 is 1.60 bits per heavy atom. The van der Waals surface area contributed by atoms with Crippen LogP contribution >= 0.6 is 7.82 Å². The third-order valence-electron chi connectivity index (χ3n) is 6.14. The van der Waals surface area contributed by atoms with Crippen molar-refractivity contribution < 1.29 is 32.5 Å². The topological polar surface area (TPSA) is 84.9 Å². The predicted molar refractivity (Wildman–Crippen MR) is 142 cm³/mol. The molecule has 0 saturated carbocycles. The molecule has 8 heteroatoms. The van der Waals surface area contributed by atoms with E-state index in [1.54, 1.807) is 0 Å². The molecule has 210 valence electrons. The third-order valence-corrected chi connectivity index (χ3v) is 7.11. The number of nitrogens with zero attached hydrogens (tertiary/aromatic N) is 1. The summed E-state index contributed by atoms with van der Waals surface area (Å²) in [6.45, 7) is 4.00. The van der Waals surface area contributed by atoms with Crippen LogP contribution in [0.25, 0.3) is 0 Å². The second-order valence-electron chi connectivity index (χ2n) is 10.9. The standard InChI is InChI=1S/C27H56NO6P/c1-6-7-8-9-10-11-12-13-14-15-16-17-18-19-20-21-22-27(34-26(2)29)25-33-35(30,31)32-24-23-28(3,4)5/h27H,6-25H2,1-5H3/t27-/m1/s1. The summed E-state index contributed by atoms with van der Waals surface area (Å²) in [5, 5.41) is 0. The first-order valence-corrected chi connectivity index (χ1v) is 15.6. The van der Waals surface area contributed by atoms with Gasteiger partial charge in [0.2, 0.25) is 0 Å². The predicted octanol–water partition coefficient (Wildman–Crippen LogP) is 6.78. The van der Waals surface area contributed by atoms with Crippen molar-refractivity contribution in [1.82, 2.24) is 0 Å². The summed E-state index contributed by atoms with van der Waals surface area (Å²) in [6.07, 6.45) is 20.7. The molecule has 0 radical (unpaired) electrons. The van der Waals surface area contributed by atoms with Gasteiger partial charge in [0.15, 0.2) is 0 Å². The number of esters is 1. The lowest BCUT2D eigenvalue weighted by atomic mass is 10.0. The van der Waals surface area contributed by atoms with E-state index < -0.39 is 19.9 Å². The van der Waals surface area contributed by atoms with Crippen LogP contribution in [0.2, 0.25) is 0 Å². The Bertz CT molecular complexity index is 552. The lowest BCUT2D eigenvalue weighted by Gasteiger charge is -2.28. The van der Waals surface area contributed by atoms with Gasteiger partial charge >= 0.3 is 5.97 Å². The van der Waals surface area contributed by atoms with Gasteiger partial charge < -0.3 is 23.2 Å². The van der Waals surface area contributed by atoms with Gasteiger partial charge in [-0.05, 0) is 12.8 Å². The Hall–Kier alpha value is -0.460. The first kappa shape index (κ1) is 34.5. The summed E-state index contributed by atoms with van der Waals surface area (Å²) in [6, 6.07) is 0. The zero-order chi connectivity index (χ0) is 26.4. The van der Waals surface area contributed by atoms with E-state index in [0.29, 0.717) is 17.4 Å². The Morgan fingerprint density at radius 2 is 1.20 bits per heavy atom. The van der Waals surface area contributed by atoms with E-state index >= 15 is 0 Å². The average molecular weight is 522 g/mol. The van der Waals surface area contributed by atoms with Crippen LogP contribution < -0.4 is 4.89 Å². The van der Waals surface area contributed by atoms with Gasteiger partial charge in [0, 0.05) is 6.92 Å². The van der Waals surface area contributed by atoms with Crippen molar-refractivity contribution in [3.8, 4) is 0 Å². The number of hydrogen-bond donors (Lipinski definition) is 0. The number of likely N-dealkylation sites (N-methyl/N-ethyl adjacent to an activating group) is 1. The highest BCUT2D eigenvalue weighted by atomic mass is 31.2. The molecule has 0 bridgehead atoms. The first-order valence-electron chi connectivity index (χ1n) is 14.1. The SMILES string of the molecule is CCCCCCCCCCCCCCCCCC[C@H](COP(=O)([O-])OCC[N+](C)(C)C)OC(C)=O. The maximum Gasteiger partial charge on any atom is 0.302 e. The smallest absolute Gasteiger partial charge is 0.302 e. The van der Waals surface area contributed by atoms with Crippen LogP contribution in [-0.2, 0) is 23.1 Å². The largest absolute Gasteiger partial charge is 0.756 e. The van der Waals surface area contributed by atoms with E-state index in [2.05, 4.69) is 6.92 Å². The summed E-state index contributed by atoms with van der Waals surface area (Å²) in [4.78, 5) is 23.3. The van der Waals surface area contributed by atoms with Crippen LogP contribution in [0, 0.1) is 0 Å². The molecule has 7 nitrogen and oxygen atoms in total. The van der Waals surface area contributed by atoms with Crippen LogP contribution in [0.15, 0.2) is 0 Å². The van der Waals surface area contributed by atoms with Crippen molar-refractivity contribution in [2.24, 2.45) is 0 Å². The molecule has 0 amide bonds. The van der Waals surface area contributed by atoms with Crippen molar-refractivity contribution in [1.29, 1.82) is 0 Å². The van der Waals surface area contributed by atoms with Gasteiger partial charge in [-0.15, -0.1) is 0 Å². The fourth-order valence-electron chi connectivity index (χ4n) is 3.97. The zero-order valence-electron chi connectivity index (χ0n) is 23.6. The van der Waals surface area contributed by atoms with Crippen LogP contribution in [0.1, 0.15) is 123 Å². The molecule has 0 fully saturated rings. The molecule has 0 aromatic rings. The molecule has 0 aliphatic rings. The second-order valence-corrected chi connectivity index (χ2v) is 12.3. The first-order chi connectivity index (χ1) is 16.6. The molecule has 0 aromatic carbocycles. The summed E-state index contributed by atoms with van der Waals surface area (Å²) < 4.78 is 27.7. The normalized spacial score (nSPS) is 14.6. The molecule has 0 aliphatic carbocycles. The van der Waals surface area contributed by atoms with Crippen molar-refractivity contribution >= 4 is 13.8 Å². The van der Waals surface area contributed by atoms with Crippen LogP contribution in [0.5, 0.6) is 0 Å². The zero-order valence-corrected chi connectivity index (χ0v) is 24.5. The lowest BCUT2D eigenvalue weighted by Crippen LogP contribution is -2.37. The number of phosphoric ester groups is 1. The van der Waals surface area contributed by atoms with E-state index in [4.69, 9.17) is 13.8 Å². The molecule has 0 aromatic heterocycles. The molecule has 35 heavy (non-hydrogen) atoms. The molecule has 0 rings (SSSR count).